The Hall–Kier alpha value is -1.53. The first-order chi connectivity index (χ1) is 10.1. The molecule has 1 atom stereocenters. The van der Waals surface area contributed by atoms with E-state index in [0.29, 0.717) is 13.0 Å². The predicted molar refractivity (Wildman–Crippen MR) is 83.7 cm³/mol. The molecule has 1 aromatic rings. The molecule has 0 bridgehead atoms. The molecule has 1 aliphatic rings. The van der Waals surface area contributed by atoms with Gasteiger partial charge in [-0.2, -0.15) is 0 Å². The second-order valence-corrected chi connectivity index (χ2v) is 5.98. The molecule has 0 saturated carbocycles. The van der Waals surface area contributed by atoms with E-state index in [1.165, 1.54) is 0 Å². The molecular formula is C15H20N2O3S. The SMILES string of the molecule is CSc1cccc(NC(=O)CN2CCCCC2C(=O)O)c1. The molecule has 0 aliphatic carbocycles. The van der Waals surface area contributed by atoms with Crippen LogP contribution >= 0.6 is 11.8 Å². The third kappa shape index (κ3) is 4.47. The van der Waals surface area contributed by atoms with E-state index in [2.05, 4.69) is 5.32 Å². The van der Waals surface area contributed by atoms with Crippen LogP contribution in [0.2, 0.25) is 0 Å². The van der Waals surface area contributed by atoms with Crippen LogP contribution in [0.5, 0.6) is 0 Å². The number of hydrogen-bond acceptors (Lipinski definition) is 4. The zero-order valence-corrected chi connectivity index (χ0v) is 12.9. The number of carbonyl (C=O) groups is 2. The Bertz CT molecular complexity index is 521. The number of likely N-dealkylation sites (tertiary alicyclic amines) is 1. The van der Waals surface area contributed by atoms with Crippen molar-refractivity contribution in [2.75, 3.05) is 24.7 Å². The summed E-state index contributed by atoms with van der Waals surface area (Å²) in [6.45, 7) is 0.787. The van der Waals surface area contributed by atoms with E-state index in [1.807, 2.05) is 30.5 Å². The quantitative estimate of drug-likeness (QED) is 0.817. The summed E-state index contributed by atoms with van der Waals surface area (Å²) in [5, 5.41) is 12.0. The van der Waals surface area contributed by atoms with Crippen LogP contribution in [0.3, 0.4) is 0 Å². The van der Waals surface area contributed by atoms with E-state index in [1.54, 1.807) is 16.7 Å². The Balaban J connectivity index is 1.95. The zero-order valence-electron chi connectivity index (χ0n) is 12.0. The van der Waals surface area contributed by atoms with Gasteiger partial charge in [-0.15, -0.1) is 11.8 Å². The minimum Gasteiger partial charge on any atom is -0.480 e. The Morgan fingerprint density at radius 3 is 2.95 bits per heavy atom. The number of benzene rings is 1. The van der Waals surface area contributed by atoms with Crippen molar-refractivity contribution in [2.45, 2.75) is 30.2 Å². The first kappa shape index (κ1) is 15.9. The number of hydrogen-bond donors (Lipinski definition) is 2. The highest BCUT2D eigenvalue weighted by Crippen LogP contribution is 2.20. The van der Waals surface area contributed by atoms with Gasteiger partial charge in [0.1, 0.15) is 6.04 Å². The van der Waals surface area contributed by atoms with E-state index in [4.69, 9.17) is 0 Å². The number of nitrogens with zero attached hydrogens (tertiary/aromatic N) is 1. The maximum atomic E-state index is 12.1. The highest BCUT2D eigenvalue weighted by atomic mass is 32.2. The number of rotatable bonds is 5. The van der Waals surface area contributed by atoms with E-state index < -0.39 is 12.0 Å². The van der Waals surface area contributed by atoms with Gasteiger partial charge in [0.05, 0.1) is 6.54 Å². The third-order valence-electron chi connectivity index (χ3n) is 3.60. The Labute approximate surface area is 128 Å². The maximum Gasteiger partial charge on any atom is 0.320 e. The van der Waals surface area contributed by atoms with Crippen LogP contribution in [0, 0.1) is 0 Å². The van der Waals surface area contributed by atoms with Crippen molar-refractivity contribution < 1.29 is 14.7 Å². The number of aliphatic carboxylic acids is 1. The number of amides is 1. The number of carbonyl (C=O) groups excluding carboxylic acids is 1. The fourth-order valence-corrected chi connectivity index (χ4v) is 3.01. The van der Waals surface area contributed by atoms with Crippen molar-refractivity contribution in [1.29, 1.82) is 0 Å². The van der Waals surface area contributed by atoms with Gasteiger partial charge in [-0.1, -0.05) is 12.5 Å². The minimum absolute atomic E-state index is 0.125. The molecule has 5 nitrogen and oxygen atoms in total. The summed E-state index contributed by atoms with van der Waals surface area (Å²) >= 11 is 1.61. The molecule has 0 spiro atoms. The number of carboxylic acids is 1. The summed E-state index contributed by atoms with van der Waals surface area (Å²) in [6, 6.07) is 7.08. The van der Waals surface area contributed by atoms with Crippen LogP contribution < -0.4 is 5.32 Å². The van der Waals surface area contributed by atoms with Gasteiger partial charge >= 0.3 is 5.97 Å². The number of anilines is 1. The van der Waals surface area contributed by atoms with Crippen molar-refractivity contribution in [1.82, 2.24) is 4.90 Å². The molecular weight excluding hydrogens is 288 g/mol. The Kier molecular flexibility index (Phi) is 5.64. The van der Waals surface area contributed by atoms with Gasteiger partial charge in [-0.05, 0) is 43.8 Å². The van der Waals surface area contributed by atoms with Crippen molar-refractivity contribution in [2.24, 2.45) is 0 Å². The molecule has 1 aromatic carbocycles. The Morgan fingerprint density at radius 1 is 1.43 bits per heavy atom. The summed E-state index contributed by atoms with van der Waals surface area (Å²) in [4.78, 5) is 26.1. The lowest BCUT2D eigenvalue weighted by Gasteiger charge is -2.32. The fourth-order valence-electron chi connectivity index (χ4n) is 2.55. The molecule has 1 amide bonds. The van der Waals surface area contributed by atoms with Gasteiger partial charge in [0.25, 0.3) is 0 Å². The molecule has 0 aromatic heterocycles. The summed E-state index contributed by atoms with van der Waals surface area (Å²) in [5.74, 6) is -1.01. The first-order valence-corrected chi connectivity index (χ1v) is 8.23. The highest BCUT2D eigenvalue weighted by molar-refractivity contribution is 7.98. The second-order valence-electron chi connectivity index (χ2n) is 5.10. The summed E-state index contributed by atoms with van der Waals surface area (Å²) in [6.07, 6.45) is 4.45. The van der Waals surface area contributed by atoms with Crippen LogP contribution in [0.25, 0.3) is 0 Å². The topological polar surface area (TPSA) is 69.6 Å². The Morgan fingerprint density at radius 2 is 2.24 bits per heavy atom. The normalized spacial score (nSPS) is 19.2. The minimum atomic E-state index is -0.841. The van der Waals surface area contributed by atoms with Crippen LogP contribution in [0.15, 0.2) is 29.2 Å². The van der Waals surface area contributed by atoms with Crippen LogP contribution in [0.4, 0.5) is 5.69 Å². The molecule has 1 unspecified atom stereocenters. The molecule has 1 saturated heterocycles. The van der Waals surface area contributed by atoms with Crippen molar-refractivity contribution in [3.63, 3.8) is 0 Å². The maximum absolute atomic E-state index is 12.1. The molecule has 1 aliphatic heterocycles. The molecule has 2 rings (SSSR count). The molecule has 2 N–H and O–H groups in total. The van der Waals surface area contributed by atoms with Crippen molar-refractivity contribution in [3.8, 4) is 0 Å². The van der Waals surface area contributed by atoms with Gasteiger partial charge < -0.3 is 10.4 Å². The average Bonchev–Trinajstić information content (AvgIpc) is 2.47. The van der Waals surface area contributed by atoms with Gasteiger partial charge in [0.15, 0.2) is 0 Å². The number of piperidine rings is 1. The van der Waals surface area contributed by atoms with Gasteiger partial charge in [0, 0.05) is 10.6 Å². The molecule has 114 valence electrons. The molecule has 0 radical (unpaired) electrons. The lowest BCUT2D eigenvalue weighted by molar-refractivity contribution is -0.145. The molecule has 1 heterocycles. The first-order valence-electron chi connectivity index (χ1n) is 7.01. The summed E-state index contributed by atoms with van der Waals surface area (Å²) < 4.78 is 0. The average molecular weight is 308 g/mol. The second kappa shape index (κ2) is 7.47. The predicted octanol–water partition coefficient (Wildman–Crippen LogP) is 2.29. The van der Waals surface area contributed by atoms with Crippen molar-refractivity contribution in [3.05, 3.63) is 24.3 Å². The van der Waals surface area contributed by atoms with E-state index in [0.717, 1.165) is 23.4 Å². The third-order valence-corrected chi connectivity index (χ3v) is 4.32. The van der Waals surface area contributed by atoms with Crippen LogP contribution in [0.1, 0.15) is 19.3 Å². The van der Waals surface area contributed by atoms with Gasteiger partial charge in [-0.25, -0.2) is 0 Å². The standard InChI is InChI=1S/C15H20N2O3S/c1-21-12-6-4-5-11(9-12)16-14(18)10-17-8-3-2-7-13(17)15(19)20/h4-6,9,13H,2-3,7-8,10H2,1H3,(H,16,18)(H,19,20). The zero-order chi connectivity index (χ0) is 15.2. The highest BCUT2D eigenvalue weighted by Gasteiger charge is 2.29. The molecule has 1 fully saturated rings. The van der Waals surface area contributed by atoms with Crippen LogP contribution in [-0.4, -0.2) is 47.3 Å². The van der Waals surface area contributed by atoms with E-state index >= 15 is 0 Å². The van der Waals surface area contributed by atoms with E-state index in [-0.39, 0.29) is 12.5 Å². The summed E-state index contributed by atoms with van der Waals surface area (Å²) in [7, 11) is 0. The number of thioether (sulfide) groups is 1. The van der Waals surface area contributed by atoms with E-state index in [9.17, 15) is 14.7 Å². The fraction of sp³-hybridized carbons (Fsp3) is 0.467. The smallest absolute Gasteiger partial charge is 0.320 e. The summed E-state index contributed by atoms with van der Waals surface area (Å²) in [5.41, 5.74) is 0.746. The largest absolute Gasteiger partial charge is 0.480 e. The number of carboxylic acid groups (broad SMARTS) is 1. The molecule has 6 heteroatoms. The van der Waals surface area contributed by atoms with Gasteiger partial charge in [-0.3, -0.25) is 14.5 Å². The molecule has 21 heavy (non-hydrogen) atoms. The lowest BCUT2D eigenvalue weighted by atomic mass is 10.0. The van der Waals surface area contributed by atoms with Crippen LogP contribution in [-0.2, 0) is 9.59 Å². The monoisotopic (exact) mass is 308 g/mol. The van der Waals surface area contributed by atoms with Gasteiger partial charge in [0.2, 0.25) is 5.91 Å². The lowest BCUT2D eigenvalue weighted by Crippen LogP contribution is -2.47. The number of nitrogens with one attached hydrogen (secondary N) is 1. The van der Waals surface area contributed by atoms with Crippen molar-refractivity contribution >= 4 is 29.3 Å².